The number of nitrogens with zero attached hydrogens (tertiary/aromatic N) is 1. The number of hydrogen-bond donors (Lipinski definition) is 1. The highest BCUT2D eigenvalue weighted by Crippen LogP contribution is 2.34. The molecular formula is C23H27FN2O2. The van der Waals surface area contributed by atoms with E-state index >= 15 is 0 Å². The van der Waals surface area contributed by atoms with Crippen molar-refractivity contribution in [1.82, 2.24) is 0 Å². The second-order valence-corrected chi connectivity index (χ2v) is 7.97. The van der Waals surface area contributed by atoms with Gasteiger partial charge in [-0.1, -0.05) is 58.0 Å². The number of nitrogens with one attached hydrogen (secondary N) is 1. The average molecular weight is 382 g/mol. The van der Waals surface area contributed by atoms with Gasteiger partial charge in [-0.3, -0.25) is 9.59 Å². The van der Waals surface area contributed by atoms with E-state index in [1.54, 1.807) is 18.2 Å². The van der Waals surface area contributed by atoms with Gasteiger partial charge in [-0.2, -0.15) is 0 Å². The fourth-order valence-corrected chi connectivity index (χ4v) is 3.71. The van der Waals surface area contributed by atoms with Crippen molar-refractivity contribution in [1.29, 1.82) is 0 Å². The van der Waals surface area contributed by atoms with Gasteiger partial charge in [-0.05, 0) is 35.1 Å². The zero-order valence-electron chi connectivity index (χ0n) is 16.8. The SMILES string of the molecule is CC(C)c1cccc(C(C)C)c1NC(=O)[C@H]1CC(=O)N(c2ccccc2F)C1. The number of carbonyl (C=O) groups excluding carboxylic acids is 2. The Morgan fingerprint density at radius 1 is 1.04 bits per heavy atom. The van der Waals surface area contributed by atoms with Crippen LogP contribution in [0.25, 0.3) is 0 Å². The highest BCUT2D eigenvalue weighted by Gasteiger charge is 2.36. The van der Waals surface area contributed by atoms with Crippen molar-refractivity contribution in [2.45, 2.75) is 46.0 Å². The van der Waals surface area contributed by atoms with Crippen molar-refractivity contribution < 1.29 is 14.0 Å². The highest BCUT2D eigenvalue weighted by atomic mass is 19.1. The summed E-state index contributed by atoms with van der Waals surface area (Å²) in [5.41, 5.74) is 3.23. The molecular weight excluding hydrogens is 355 g/mol. The van der Waals surface area contributed by atoms with Crippen LogP contribution in [0.3, 0.4) is 0 Å². The van der Waals surface area contributed by atoms with Crippen molar-refractivity contribution in [3.05, 3.63) is 59.4 Å². The third kappa shape index (κ3) is 3.93. The quantitative estimate of drug-likeness (QED) is 0.785. The van der Waals surface area contributed by atoms with Gasteiger partial charge in [0.2, 0.25) is 11.8 Å². The molecule has 2 aromatic rings. The maximum atomic E-state index is 14.1. The molecule has 1 atom stereocenters. The number of amides is 2. The zero-order chi connectivity index (χ0) is 20.4. The van der Waals surface area contributed by atoms with Crippen LogP contribution in [-0.4, -0.2) is 18.4 Å². The summed E-state index contributed by atoms with van der Waals surface area (Å²) < 4.78 is 14.1. The van der Waals surface area contributed by atoms with Gasteiger partial charge in [0.25, 0.3) is 0 Å². The van der Waals surface area contributed by atoms with Crippen molar-refractivity contribution >= 4 is 23.2 Å². The number of halogens is 1. The molecule has 0 unspecified atom stereocenters. The Morgan fingerprint density at radius 2 is 1.64 bits per heavy atom. The minimum absolute atomic E-state index is 0.0844. The van der Waals surface area contributed by atoms with E-state index in [2.05, 4.69) is 33.0 Å². The smallest absolute Gasteiger partial charge is 0.229 e. The molecule has 148 valence electrons. The molecule has 1 heterocycles. The van der Waals surface area contributed by atoms with Gasteiger partial charge in [0.05, 0.1) is 11.6 Å². The van der Waals surface area contributed by atoms with Crippen LogP contribution in [0.2, 0.25) is 0 Å². The Morgan fingerprint density at radius 3 is 2.21 bits per heavy atom. The topological polar surface area (TPSA) is 49.4 Å². The summed E-state index contributed by atoms with van der Waals surface area (Å²) in [7, 11) is 0. The van der Waals surface area contributed by atoms with Gasteiger partial charge in [0, 0.05) is 18.7 Å². The Balaban J connectivity index is 1.83. The lowest BCUT2D eigenvalue weighted by Crippen LogP contribution is -2.29. The highest BCUT2D eigenvalue weighted by molar-refractivity contribution is 6.04. The lowest BCUT2D eigenvalue weighted by molar-refractivity contribution is -0.122. The van der Waals surface area contributed by atoms with E-state index in [4.69, 9.17) is 0 Å². The zero-order valence-corrected chi connectivity index (χ0v) is 16.8. The number of anilines is 2. The molecule has 1 aliphatic rings. The number of benzene rings is 2. The van der Waals surface area contributed by atoms with E-state index < -0.39 is 11.7 Å². The van der Waals surface area contributed by atoms with Gasteiger partial charge in [-0.25, -0.2) is 4.39 Å². The third-order valence-electron chi connectivity index (χ3n) is 5.26. The molecule has 2 aromatic carbocycles. The average Bonchev–Trinajstić information content (AvgIpc) is 3.03. The summed E-state index contributed by atoms with van der Waals surface area (Å²) in [6.45, 7) is 8.55. The molecule has 0 bridgehead atoms. The molecule has 0 spiro atoms. The second-order valence-electron chi connectivity index (χ2n) is 7.97. The Labute approximate surface area is 165 Å². The molecule has 2 amide bonds. The summed E-state index contributed by atoms with van der Waals surface area (Å²) in [6, 6.07) is 12.2. The molecule has 1 saturated heterocycles. The van der Waals surface area contributed by atoms with Gasteiger partial charge in [0.1, 0.15) is 5.82 Å². The lowest BCUT2D eigenvalue weighted by atomic mass is 9.92. The minimum Gasteiger partial charge on any atom is -0.325 e. The molecule has 4 nitrogen and oxygen atoms in total. The fraction of sp³-hybridized carbons (Fsp3) is 0.391. The predicted octanol–water partition coefficient (Wildman–Crippen LogP) is 5.06. The Kier molecular flexibility index (Phi) is 5.82. The first kappa shape index (κ1) is 20.1. The third-order valence-corrected chi connectivity index (χ3v) is 5.26. The minimum atomic E-state index is -0.507. The van der Waals surface area contributed by atoms with Crippen LogP contribution in [0.15, 0.2) is 42.5 Å². The normalized spacial score (nSPS) is 16.9. The van der Waals surface area contributed by atoms with Crippen LogP contribution < -0.4 is 10.2 Å². The van der Waals surface area contributed by atoms with Gasteiger partial charge >= 0.3 is 0 Å². The van der Waals surface area contributed by atoms with Crippen LogP contribution in [0.4, 0.5) is 15.8 Å². The Bertz CT molecular complexity index is 866. The number of carbonyl (C=O) groups is 2. The summed E-state index contributed by atoms with van der Waals surface area (Å²) in [4.78, 5) is 26.8. The molecule has 1 fully saturated rings. The summed E-state index contributed by atoms with van der Waals surface area (Å²) in [5, 5.41) is 3.08. The van der Waals surface area contributed by atoms with Crippen molar-refractivity contribution in [2.24, 2.45) is 5.92 Å². The second kappa shape index (κ2) is 8.13. The molecule has 0 aromatic heterocycles. The van der Waals surface area contributed by atoms with E-state index in [1.807, 2.05) is 18.2 Å². The molecule has 1 N–H and O–H groups in total. The van der Waals surface area contributed by atoms with Gasteiger partial charge in [-0.15, -0.1) is 0 Å². The van der Waals surface area contributed by atoms with Crippen LogP contribution in [0.1, 0.15) is 57.1 Å². The first-order chi connectivity index (χ1) is 13.3. The lowest BCUT2D eigenvalue weighted by Gasteiger charge is -2.22. The first-order valence-corrected chi connectivity index (χ1v) is 9.78. The number of para-hydroxylation sites is 2. The number of hydrogen-bond acceptors (Lipinski definition) is 2. The van der Waals surface area contributed by atoms with Crippen LogP contribution in [0.5, 0.6) is 0 Å². The maximum Gasteiger partial charge on any atom is 0.229 e. The monoisotopic (exact) mass is 382 g/mol. The molecule has 0 saturated carbocycles. The largest absolute Gasteiger partial charge is 0.325 e. The molecule has 0 radical (unpaired) electrons. The van der Waals surface area contributed by atoms with Crippen molar-refractivity contribution in [2.75, 3.05) is 16.8 Å². The van der Waals surface area contributed by atoms with E-state index in [0.29, 0.717) is 0 Å². The van der Waals surface area contributed by atoms with E-state index in [9.17, 15) is 14.0 Å². The molecule has 3 rings (SSSR count). The predicted molar refractivity (Wildman–Crippen MR) is 110 cm³/mol. The van der Waals surface area contributed by atoms with E-state index in [-0.39, 0.29) is 42.3 Å². The maximum absolute atomic E-state index is 14.1. The number of rotatable bonds is 5. The fourth-order valence-electron chi connectivity index (χ4n) is 3.71. The van der Waals surface area contributed by atoms with E-state index in [1.165, 1.54) is 11.0 Å². The summed E-state index contributed by atoms with van der Waals surface area (Å²) in [6.07, 6.45) is 0.0844. The van der Waals surface area contributed by atoms with Crippen molar-refractivity contribution in [3.8, 4) is 0 Å². The standard InChI is InChI=1S/C23H27FN2O2/c1-14(2)17-8-7-9-18(15(3)4)22(17)25-23(28)16-12-21(27)26(13-16)20-11-6-5-10-19(20)24/h5-11,14-16H,12-13H2,1-4H3,(H,25,28)/t16-/m0/s1. The molecule has 0 aliphatic carbocycles. The molecule has 1 aliphatic heterocycles. The van der Waals surface area contributed by atoms with Crippen molar-refractivity contribution in [3.63, 3.8) is 0 Å². The summed E-state index contributed by atoms with van der Waals surface area (Å²) in [5.74, 6) is -0.867. The molecule has 28 heavy (non-hydrogen) atoms. The van der Waals surface area contributed by atoms with Gasteiger partial charge < -0.3 is 10.2 Å². The van der Waals surface area contributed by atoms with Crippen LogP contribution in [0, 0.1) is 11.7 Å². The summed E-state index contributed by atoms with van der Waals surface area (Å²) >= 11 is 0. The Hall–Kier alpha value is -2.69. The van der Waals surface area contributed by atoms with Crippen LogP contribution >= 0.6 is 0 Å². The molecule has 5 heteroatoms. The van der Waals surface area contributed by atoms with Crippen LogP contribution in [-0.2, 0) is 9.59 Å². The first-order valence-electron chi connectivity index (χ1n) is 9.78. The van der Waals surface area contributed by atoms with E-state index in [0.717, 1.165) is 16.8 Å². The van der Waals surface area contributed by atoms with Gasteiger partial charge in [0.15, 0.2) is 0 Å².